The molecule has 10 heteroatoms. The number of halogens is 1. The number of anilines is 1. The molecular formula is C18H21ClN4O4S. The second-order valence-corrected chi connectivity index (χ2v) is 9.09. The molecule has 1 N–H and O–H groups in total. The Morgan fingerprint density at radius 3 is 2.61 bits per heavy atom. The average Bonchev–Trinajstić information content (AvgIpc) is 3.26. The van der Waals surface area contributed by atoms with Crippen molar-refractivity contribution in [3.8, 4) is 0 Å². The Bertz CT molecular complexity index is 1010. The fourth-order valence-corrected chi connectivity index (χ4v) is 4.28. The fraction of sp³-hybridized carbons (Fsp3) is 0.389. The van der Waals surface area contributed by atoms with Gasteiger partial charge in [-0.15, -0.1) is 0 Å². The Labute approximate surface area is 168 Å². The van der Waals surface area contributed by atoms with Crippen molar-refractivity contribution in [2.75, 3.05) is 11.6 Å². The second-order valence-electron chi connectivity index (χ2n) is 6.70. The van der Waals surface area contributed by atoms with Crippen LogP contribution in [0.5, 0.6) is 0 Å². The maximum atomic E-state index is 12.8. The number of nitrogens with one attached hydrogen (secondary N) is 1. The van der Waals surface area contributed by atoms with Gasteiger partial charge in [-0.3, -0.25) is 9.48 Å². The van der Waals surface area contributed by atoms with Crippen LogP contribution in [-0.4, -0.2) is 42.2 Å². The molecule has 28 heavy (non-hydrogen) atoms. The molecule has 1 aromatic heterocycles. The third kappa shape index (κ3) is 4.90. The molecular weight excluding hydrogens is 404 g/mol. The van der Waals surface area contributed by atoms with E-state index in [-0.39, 0.29) is 21.7 Å². The van der Waals surface area contributed by atoms with E-state index in [0.717, 1.165) is 31.9 Å². The lowest BCUT2D eigenvalue weighted by atomic mass is 10.1. The van der Waals surface area contributed by atoms with Crippen molar-refractivity contribution in [3.05, 3.63) is 41.0 Å². The van der Waals surface area contributed by atoms with Gasteiger partial charge < -0.3 is 10.2 Å². The maximum absolute atomic E-state index is 12.8. The van der Waals surface area contributed by atoms with Gasteiger partial charge in [-0.1, -0.05) is 22.8 Å². The third-order valence-electron chi connectivity index (χ3n) is 4.37. The highest BCUT2D eigenvalue weighted by Gasteiger charge is 2.22. The zero-order valence-electron chi connectivity index (χ0n) is 15.6. The number of carbonyl (C=O) groups is 1. The van der Waals surface area contributed by atoms with Gasteiger partial charge in [0, 0.05) is 31.1 Å². The average molecular weight is 425 g/mol. The lowest BCUT2D eigenvalue weighted by molar-refractivity contribution is -0.110. The van der Waals surface area contributed by atoms with Crippen molar-refractivity contribution in [1.82, 2.24) is 9.78 Å². The summed E-state index contributed by atoms with van der Waals surface area (Å²) in [5, 5.41) is 10.9. The van der Waals surface area contributed by atoms with E-state index in [1.54, 1.807) is 24.0 Å². The summed E-state index contributed by atoms with van der Waals surface area (Å²) in [4.78, 5) is 18.3. The molecule has 0 saturated heterocycles. The molecule has 3 rings (SSSR count). The number of carbonyl (C=O) groups excluding carboxylic acids is 1. The number of benzene rings is 1. The van der Waals surface area contributed by atoms with E-state index < -0.39 is 15.7 Å². The predicted octanol–water partition coefficient (Wildman–Crippen LogP) is 2.78. The van der Waals surface area contributed by atoms with Crippen LogP contribution in [0.25, 0.3) is 0 Å². The van der Waals surface area contributed by atoms with Crippen molar-refractivity contribution < 1.29 is 18.0 Å². The first-order chi connectivity index (χ1) is 13.2. The van der Waals surface area contributed by atoms with Gasteiger partial charge in [0.25, 0.3) is 5.91 Å². The molecule has 1 saturated carbocycles. The van der Waals surface area contributed by atoms with Crippen LogP contribution in [0, 0.1) is 0 Å². The van der Waals surface area contributed by atoms with Crippen LogP contribution < -0.4 is 5.32 Å². The zero-order valence-corrected chi connectivity index (χ0v) is 17.1. The Kier molecular flexibility index (Phi) is 6.04. The first-order valence-electron chi connectivity index (χ1n) is 8.79. The van der Waals surface area contributed by atoms with Gasteiger partial charge in [0.05, 0.1) is 9.92 Å². The highest BCUT2D eigenvalue weighted by molar-refractivity contribution is 7.90. The number of amides is 1. The highest BCUT2D eigenvalue weighted by atomic mass is 35.5. The van der Waals surface area contributed by atoms with Crippen molar-refractivity contribution >= 4 is 38.9 Å². The zero-order chi connectivity index (χ0) is 20.3. The molecule has 1 aliphatic rings. The summed E-state index contributed by atoms with van der Waals surface area (Å²) < 4.78 is 25.1. The van der Waals surface area contributed by atoms with Crippen LogP contribution in [0.15, 0.2) is 40.5 Å². The first-order valence-corrected chi connectivity index (χ1v) is 11.1. The van der Waals surface area contributed by atoms with Gasteiger partial charge in [0.1, 0.15) is 6.10 Å². The molecule has 1 heterocycles. The Balaban J connectivity index is 1.92. The topological polar surface area (TPSA) is 103 Å². The molecule has 0 spiro atoms. The number of aryl methyl sites for hydroxylation is 1. The van der Waals surface area contributed by atoms with E-state index in [4.69, 9.17) is 16.4 Å². The number of hydrogen-bond acceptors (Lipinski definition) is 6. The van der Waals surface area contributed by atoms with Crippen LogP contribution in [0.3, 0.4) is 0 Å². The molecule has 1 aromatic carbocycles. The molecule has 0 bridgehead atoms. The lowest BCUT2D eigenvalue weighted by Gasteiger charge is -2.11. The predicted molar refractivity (Wildman–Crippen MR) is 106 cm³/mol. The minimum Gasteiger partial charge on any atom is -0.392 e. The molecule has 8 nitrogen and oxygen atoms in total. The van der Waals surface area contributed by atoms with Gasteiger partial charge in [0.15, 0.2) is 21.4 Å². The smallest absolute Gasteiger partial charge is 0.279 e. The Morgan fingerprint density at radius 1 is 1.32 bits per heavy atom. The van der Waals surface area contributed by atoms with E-state index in [0.29, 0.717) is 11.4 Å². The van der Waals surface area contributed by atoms with Crippen LogP contribution in [0.2, 0.25) is 5.02 Å². The van der Waals surface area contributed by atoms with Crippen molar-refractivity contribution in [1.29, 1.82) is 0 Å². The number of rotatable bonds is 6. The Hall–Kier alpha value is -2.39. The lowest BCUT2D eigenvalue weighted by Crippen LogP contribution is -2.25. The van der Waals surface area contributed by atoms with E-state index in [1.165, 1.54) is 18.2 Å². The fourth-order valence-electron chi connectivity index (χ4n) is 2.95. The van der Waals surface area contributed by atoms with Crippen LogP contribution in [0.1, 0.15) is 31.2 Å². The summed E-state index contributed by atoms with van der Waals surface area (Å²) in [7, 11) is -1.75. The third-order valence-corrected chi connectivity index (χ3v) is 5.95. The standard InChI is InChI=1S/C18H21ClN4O4S/c1-23-10-9-16(21-23)20-18(24)17(22-27-13-5-3-4-6-13)12-7-8-15(14(19)11-12)28(2,25)26/h7-11,13H,3-6H2,1-2H3,(H,20,21,24)/b22-17-. The highest BCUT2D eigenvalue weighted by Crippen LogP contribution is 2.24. The van der Waals surface area contributed by atoms with Gasteiger partial charge >= 0.3 is 0 Å². The molecule has 0 aliphatic heterocycles. The van der Waals surface area contributed by atoms with Crippen LogP contribution >= 0.6 is 11.6 Å². The number of aromatic nitrogens is 2. The van der Waals surface area contributed by atoms with E-state index in [2.05, 4.69) is 15.6 Å². The van der Waals surface area contributed by atoms with Gasteiger partial charge in [-0.05, 0) is 37.8 Å². The van der Waals surface area contributed by atoms with Crippen LogP contribution in [-0.2, 0) is 26.5 Å². The number of nitrogens with zero attached hydrogens (tertiary/aromatic N) is 3. The van der Waals surface area contributed by atoms with E-state index in [1.807, 2.05) is 0 Å². The number of hydrogen-bond donors (Lipinski definition) is 1. The molecule has 0 unspecified atom stereocenters. The summed E-state index contributed by atoms with van der Waals surface area (Å²) in [6.45, 7) is 0. The summed E-state index contributed by atoms with van der Waals surface area (Å²) in [6.07, 6.45) is 6.61. The summed E-state index contributed by atoms with van der Waals surface area (Å²) >= 11 is 6.13. The maximum Gasteiger partial charge on any atom is 0.279 e. The summed E-state index contributed by atoms with van der Waals surface area (Å²) in [5.74, 6) is -0.167. The number of sulfone groups is 1. The molecule has 1 fully saturated rings. The minimum absolute atomic E-state index is 0.000459. The molecule has 0 atom stereocenters. The van der Waals surface area contributed by atoms with Crippen LogP contribution in [0.4, 0.5) is 5.82 Å². The molecule has 1 amide bonds. The quantitative estimate of drug-likeness (QED) is 0.567. The van der Waals surface area contributed by atoms with Crippen molar-refractivity contribution in [2.45, 2.75) is 36.7 Å². The molecule has 1 aliphatic carbocycles. The number of oxime groups is 1. The van der Waals surface area contributed by atoms with E-state index >= 15 is 0 Å². The largest absolute Gasteiger partial charge is 0.392 e. The molecule has 150 valence electrons. The molecule has 2 aromatic rings. The van der Waals surface area contributed by atoms with Crippen molar-refractivity contribution in [2.24, 2.45) is 12.2 Å². The summed E-state index contributed by atoms with van der Waals surface area (Å²) in [5.41, 5.74) is 0.350. The Morgan fingerprint density at radius 2 is 2.04 bits per heavy atom. The minimum atomic E-state index is -3.48. The summed E-state index contributed by atoms with van der Waals surface area (Å²) in [6, 6.07) is 5.88. The normalized spacial score (nSPS) is 15.6. The van der Waals surface area contributed by atoms with Crippen molar-refractivity contribution in [3.63, 3.8) is 0 Å². The first kappa shape index (κ1) is 20.3. The van der Waals surface area contributed by atoms with Gasteiger partial charge in [0.2, 0.25) is 0 Å². The van der Waals surface area contributed by atoms with Gasteiger partial charge in [-0.2, -0.15) is 5.10 Å². The second kappa shape index (κ2) is 8.32. The van der Waals surface area contributed by atoms with Gasteiger partial charge in [-0.25, -0.2) is 8.42 Å². The SMILES string of the molecule is Cn1ccc(NC(=O)/C(=N\OC2CCCC2)c2ccc(S(C)(=O)=O)c(Cl)c2)n1. The monoisotopic (exact) mass is 424 g/mol. The molecule has 0 radical (unpaired) electrons. The van der Waals surface area contributed by atoms with E-state index in [9.17, 15) is 13.2 Å².